The maximum Gasteiger partial charge on any atom is -0.0159 e. The molecule has 0 N–H and O–H groups in total. The van der Waals surface area contributed by atoms with Crippen LogP contribution >= 0.6 is 0 Å². The average Bonchev–Trinajstić information content (AvgIpc) is 2.68. The minimum Gasteiger partial charge on any atom is -0.0654 e. The van der Waals surface area contributed by atoms with Crippen LogP contribution < -0.4 is 0 Å². The zero-order chi connectivity index (χ0) is 18.2. The first-order valence-corrected chi connectivity index (χ1v) is 11.9. The Balaban J connectivity index is 1.43. The molecule has 0 radical (unpaired) electrons. The number of aryl methyl sites for hydroxylation is 1. The third-order valence-corrected chi connectivity index (χ3v) is 7.43. The lowest BCUT2D eigenvalue weighted by molar-refractivity contribution is 0.113. The second kappa shape index (κ2) is 10.5. The second-order valence-corrected chi connectivity index (χ2v) is 9.40. The highest BCUT2D eigenvalue weighted by Gasteiger charge is 2.35. The Morgan fingerprint density at radius 1 is 0.731 bits per heavy atom. The zero-order valence-corrected chi connectivity index (χ0v) is 17.5. The van der Waals surface area contributed by atoms with Crippen LogP contribution in [0.4, 0.5) is 0 Å². The van der Waals surface area contributed by atoms with Crippen LogP contribution in [-0.4, -0.2) is 0 Å². The Morgan fingerprint density at radius 3 is 2.23 bits per heavy atom. The van der Waals surface area contributed by atoms with Crippen molar-refractivity contribution in [2.24, 2.45) is 17.8 Å². The molecule has 2 aliphatic rings. The summed E-state index contributed by atoms with van der Waals surface area (Å²) >= 11 is 0. The smallest absolute Gasteiger partial charge is 0.0159 e. The summed E-state index contributed by atoms with van der Waals surface area (Å²) in [6, 6.07) is 9.66. The van der Waals surface area contributed by atoms with Crippen LogP contribution in [0.15, 0.2) is 24.3 Å². The molecule has 2 saturated carbocycles. The van der Waals surface area contributed by atoms with Gasteiger partial charge in [0.05, 0.1) is 0 Å². The molecule has 3 rings (SSSR count). The van der Waals surface area contributed by atoms with Gasteiger partial charge in [-0.3, -0.25) is 0 Å². The van der Waals surface area contributed by atoms with Gasteiger partial charge in [-0.05, 0) is 73.3 Å². The molecule has 0 spiro atoms. The van der Waals surface area contributed by atoms with Crippen molar-refractivity contribution < 1.29 is 0 Å². The van der Waals surface area contributed by atoms with Crippen LogP contribution in [0.2, 0.25) is 0 Å². The van der Waals surface area contributed by atoms with Gasteiger partial charge in [0.1, 0.15) is 0 Å². The van der Waals surface area contributed by atoms with E-state index in [1.54, 1.807) is 12.0 Å². The molecule has 1 aromatic rings. The first kappa shape index (κ1) is 20.0. The molecule has 146 valence electrons. The summed E-state index contributed by atoms with van der Waals surface area (Å²) in [5, 5.41) is 0. The number of benzene rings is 1. The summed E-state index contributed by atoms with van der Waals surface area (Å²) in [7, 11) is 0. The predicted molar refractivity (Wildman–Crippen MR) is 115 cm³/mol. The van der Waals surface area contributed by atoms with Gasteiger partial charge in [-0.15, -0.1) is 0 Å². The molecule has 0 nitrogen and oxygen atoms in total. The van der Waals surface area contributed by atoms with E-state index in [0.717, 1.165) is 23.7 Å². The van der Waals surface area contributed by atoms with E-state index >= 15 is 0 Å². The quantitative estimate of drug-likeness (QED) is 0.391. The van der Waals surface area contributed by atoms with Crippen molar-refractivity contribution in [1.29, 1.82) is 0 Å². The van der Waals surface area contributed by atoms with Crippen LogP contribution in [0.3, 0.4) is 0 Å². The summed E-state index contributed by atoms with van der Waals surface area (Å²) in [5.41, 5.74) is 3.14. The Labute approximate surface area is 163 Å². The third kappa shape index (κ3) is 5.61. The van der Waals surface area contributed by atoms with Crippen molar-refractivity contribution in [3.05, 3.63) is 35.4 Å². The van der Waals surface area contributed by atoms with E-state index in [2.05, 4.69) is 38.1 Å². The van der Waals surface area contributed by atoms with Crippen molar-refractivity contribution in [2.75, 3.05) is 0 Å². The van der Waals surface area contributed by atoms with Gasteiger partial charge in [-0.25, -0.2) is 0 Å². The van der Waals surface area contributed by atoms with E-state index in [1.165, 1.54) is 89.0 Å². The summed E-state index contributed by atoms with van der Waals surface area (Å²) in [4.78, 5) is 0. The molecule has 0 saturated heterocycles. The van der Waals surface area contributed by atoms with E-state index < -0.39 is 0 Å². The van der Waals surface area contributed by atoms with Gasteiger partial charge in [-0.1, -0.05) is 89.5 Å². The molecule has 0 heteroatoms. The van der Waals surface area contributed by atoms with Gasteiger partial charge in [0.25, 0.3) is 0 Å². The lowest BCUT2D eigenvalue weighted by Gasteiger charge is -2.42. The van der Waals surface area contributed by atoms with Crippen molar-refractivity contribution >= 4 is 0 Å². The Bertz CT molecular complexity index is 499. The highest BCUT2D eigenvalue weighted by molar-refractivity contribution is 5.26. The number of hydrogen-bond donors (Lipinski definition) is 0. The fourth-order valence-electron chi connectivity index (χ4n) is 5.83. The van der Waals surface area contributed by atoms with Crippen molar-refractivity contribution in [1.82, 2.24) is 0 Å². The Kier molecular flexibility index (Phi) is 8.08. The van der Waals surface area contributed by atoms with Crippen LogP contribution in [-0.2, 0) is 6.42 Å². The highest BCUT2D eigenvalue weighted by Crippen LogP contribution is 2.48. The van der Waals surface area contributed by atoms with E-state index in [-0.39, 0.29) is 0 Å². The summed E-state index contributed by atoms with van der Waals surface area (Å²) in [6.07, 6.45) is 20.3. The topological polar surface area (TPSA) is 0 Å². The Morgan fingerprint density at radius 2 is 1.46 bits per heavy atom. The number of unbranched alkanes of at least 4 members (excludes halogenated alkanes) is 4. The second-order valence-electron chi connectivity index (χ2n) is 9.40. The number of rotatable bonds is 9. The van der Waals surface area contributed by atoms with Crippen LogP contribution in [0.5, 0.6) is 0 Å². The first-order chi connectivity index (χ1) is 12.8. The molecule has 0 aliphatic heterocycles. The first-order valence-electron chi connectivity index (χ1n) is 11.9. The minimum absolute atomic E-state index is 0.845. The van der Waals surface area contributed by atoms with E-state index in [9.17, 15) is 0 Å². The molecule has 2 aliphatic carbocycles. The molecule has 26 heavy (non-hydrogen) atoms. The van der Waals surface area contributed by atoms with Crippen molar-refractivity contribution in [3.8, 4) is 0 Å². The van der Waals surface area contributed by atoms with Crippen LogP contribution in [0, 0.1) is 17.8 Å². The van der Waals surface area contributed by atoms with Gasteiger partial charge in [0, 0.05) is 0 Å². The predicted octanol–water partition coefficient (Wildman–Crippen LogP) is 8.30. The maximum absolute atomic E-state index is 2.44. The molecule has 4 atom stereocenters. The lowest BCUT2D eigenvalue weighted by Crippen LogP contribution is -2.30. The molecular weight excluding hydrogens is 312 g/mol. The Hall–Kier alpha value is -0.780. The lowest BCUT2D eigenvalue weighted by atomic mass is 9.63. The van der Waals surface area contributed by atoms with Crippen LogP contribution in [0.1, 0.15) is 114 Å². The van der Waals surface area contributed by atoms with Gasteiger partial charge >= 0.3 is 0 Å². The number of hydrogen-bond acceptors (Lipinski definition) is 0. The maximum atomic E-state index is 2.44. The average molecular weight is 355 g/mol. The third-order valence-electron chi connectivity index (χ3n) is 7.43. The molecular formula is C26H42. The zero-order valence-electron chi connectivity index (χ0n) is 17.5. The van der Waals surface area contributed by atoms with E-state index in [4.69, 9.17) is 0 Å². The molecule has 2 fully saturated rings. The summed E-state index contributed by atoms with van der Waals surface area (Å²) in [6.45, 7) is 4.59. The fraction of sp³-hybridized carbons (Fsp3) is 0.769. The van der Waals surface area contributed by atoms with Gasteiger partial charge in [0.15, 0.2) is 0 Å². The minimum atomic E-state index is 0.845. The standard InChI is InChI=1S/C26H42/c1-3-5-6-7-8-10-22-13-16-26-20-25(18-17-24(26)19-22)23-14-11-21(9-4-2)12-15-23/h11-12,14-15,22,24-26H,3-10,13,16-20H2,1-2H3/t22-,24-,25+,26+/m0/s1. The normalized spacial score (nSPS) is 28.7. The molecule has 0 unspecified atom stereocenters. The monoisotopic (exact) mass is 354 g/mol. The molecule has 0 bridgehead atoms. The van der Waals surface area contributed by atoms with Crippen molar-refractivity contribution in [2.45, 2.75) is 110 Å². The summed E-state index contributed by atoms with van der Waals surface area (Å²) < 4.78 is 0. The number of fused-ring (bicyclic) bond motifs is 1. The largest absolute Gasteiger partial charge is 0.0654 e. The van der Waals surface area contributed by atoms with Gasteiger partial charge < -0.3 is 0 Å². The van der Waals surface area contributed by atoms with Gasteiger partial charge in [0.2, 0.25) is 0 Å². The summed E-state index contributed by atoms with van der Waals surface area (Å²) in [5.74, 6) is 3.99. The molecule has 0 amide bonds. The fourth-order valence-corrected chi connectivity index (χ4v) is 5.83. The van der Waals surface area contributed by atoms with Crippen LogP contribution in [0.25, 0.3) is 0 Å². The van der Waals surface area contributed by atoms with Crippen molar-refractivity contribution in [3.63, 3.8) is 0 Å². The van der Waals surface area contributed by atoms with E-state index in [1.807, 2.05) is 0 Å². The molecule has 0 heterocycles. The SMILES string of the molecule is CCCCCCC[C@H]1CC[C@@H]2C[C@H](c3ccc(CCC)cc3)CC[C@H]2C1. The highest BCUT2D eigenvalue weighted by atomic mass is 14.4. The van der Waals surface area contributed by atoms with E-state index in [0.29, 0.717) is 0 Å². The van der Waals surface area contributed by atoms with Gasteiger partial charge in [-0.2, -0.15) is 0 Å². The molecule has 1 aromatic carbocycles. The molecule has 0 aromatic heterocycles.